The highest BCUT2D eigenvalue weighted by Gasteiger charge is 2.23. The number of amides is 2. The van der Waals surface area contributed by atoms with Crippen molar-refractivity contribution in [1.29, 1.82) is 0 Å². The van der Waals surface area contributed by atoms with Gasteiger partial charge in [-0.1, -0.05) is 36.4 Å². The minimum atomic E-state index is -0.107. The number of ether oxygens (including phenoxy) is 3. The van der Waals surface area contributed by atoms with Gasteiger partial charge in [0, 0.05) is 31.5 Å². The van der Waals surface area contributed by atoms with Crippen LogP contribution in [0.5, 0.6) is 11.5 Å². The van der Waals surface area contributed by atoms with E-state index in [4.69, 9.17) is 14.2 Å². The number of rotatable bonds is 12. The topological polar surface area (TPSA) is 68.3 Å². The molecule has 0 spiro atoms. The van der Waals surface area contributed by atoms with E-state index in [1.807, 2.05) is 60.8 Å². The number of aryl methyl sites for hydroxylation is 2. The first kappa shape index (κ1) is 25.7. The van der Waals surface area contributed by atoms with Crippen LogP contribution in [0, 0.1) is 6.92 Å². The summed E-state index contributed by atoms with van der Waals surface area (Å²) in [5.74, 6) is 1.23. The molecule has 0 unspecified atom stereocenters. The minimum Gasteiger partial charge on any atom is -0.454 e. The van der Waals surface area contributed by atoms with Crippen molar-refractivity contribution in [2.45, 2.75) is 32.9 Å². The zero-order chi connectivity index (χ0) is 25.3. The number of thiophene rings is 1. The number of hydrogen-bond acceptors (Lipinski definition) is 6. The largest absolute Gasteiger partial charge is 0.454 e. The van der Waals surface area contributed by atoms with Crippen LogP contribution in [0.3, 0.4) is 0 Å². The predicted octanol–water partition coefficient (Wildman–Crippen LogP) is 4.42. The number of carbonyl (C=O) groups excluding carboxylic acids is 2. The minimum absolute atomic E-state index is 0.00591. The summed E-state index contributed by atoms with van der Waals surface area (Å²) in [4.78, 5) is 31.3. The summed E-state index contributed by atoms with van der Waals surface area (Å²) in [5, 5.41) is 2.03. The number of carbonyl (C=O) groups is 2. The fourth-order valence-corrected chi connectivity index (χ4v) is 4.96. The highest BCUT2D eigenvalue weighted by Crippen LogP contribution is 2.33. The van der Waals surface area contributed by atoms with E-state index in [-0.39, 0.29) is 25.2 Å². The molecule has 1 aromatic heterocycles. The van der Waals surface area contributed by atoms with Crippen molar-refractivity contribution in [3.05, 3.63) is 81.5 Å². The number of methoxy groups -OCH3 is 1. The summed E-state index contributed by atoms with van der Waals surface area (Å²) >= 11 is 1.63. The Kier molecular flexibility index (Phi) is 8.97. The van der Waals surface area contributed by atoms with Gasteiger partial charge in [-0.3, -0.25) is 9.59 Å². The van der Waals surface area contributed by atoms with Crippen LogP contribution in [-0.2, 0) is 33.8 Å². The quantitative estimate of drug-likeness (QED) is 0.362. The number of hydrogen-bond donors (Lipinski definition) is 0. The molecule has 1 aliphatic heterocycles. The van der Waals surface area contributed by atoms with Gasteiger partial charge in [-0.25, -0.2) is 0 Å². The van der Waals surface area contributed by atoms with Crippen LogP contribution in [0.4, 0.5) is 0 Å². The van der Waals surface area contributed by atoms with Crippen molar-refractivity contribution in [2.75, 3.05) is 33.6 Å². The van der Waals surface area contributed by atoms with Crippen LogP contribution in [0.15, 0.2) is 60.0 Å². The second-order valence-electron chi connectivity index (χ2n) is 8.76. The molecule has 4 rings (SSSR count). The molecule has 2 amide bonds. The van der Waals surface area contributed by atoms with Gasteiger partial charge in [0.25, 0.3) is 0 Å². The maximum atomic E-state index is 13.6. The Morgan fingerprint density at radius 2 is 1.75 bits per heavy atom. The van der Waals surface area contributed by atoms with Gasteiger partial charge < -0.3 is 24.0 Å². The van der Waals surface area contributed by atoms with Crippen molar-refractivity contribution in [3.8, 4) is 11.5 Å². The van der Waals surface area contributed by atoms with Crippen LogP contribution in [-0.4, -0.2) is 55.2 Å². The van der Waals surface area contributed by atoms with Gasteiger partial charge in [0.2, 0.25) is 18.6 Å². The SMILES string of the molecule is COCCN(CC(=O)N(Cc1ccc2c(c1)OCO2)Cc1sccc1C)C(=O)CCc1ccccc1. The lowest BCUT2D eigenvalue weighted by molar-refractivity contribution is -0.141. The molecule has 0 N–H and O–H groups in total. The Balaban J connectivity index is 1.47. The van der Waals surface area contributed by atoms with E-state index >= 15 is 0 Å². The summed E-state index contributed by atoms with van der Waals surface area (Å²) in [6.45, 7) is 3.88. The molecule has 0 bridgehead atoms. The van der Waals surface area contributed by atoms with Gasteiger partial charge in [-0.15, -0.1) is 11.3 Å². The molecule has 0 aliphatic carbocycles. The Hall–Kier alpha value is -3.36. The molecule has 0 fully saturated rings. The fraction of sp³-hybridized carbons (Fsp3) is 0.357. The third-order valence-corrected chi connectivity index (χ3v) is 7.19. The number of benzene rings is 2. The molecule has 8 heteroatoms. The van der Waals surface area contributed by atoms with Crippen LogP contribution >= 0.6 is 11.3 Å². The smallest absolute Gasteiger partial charge is 0.242 e. The van der Waals surface area contributed by atoms with E-state index in [1.165, 1.54) is 0 Å². The normalized spacial score (nSPS) is 11.9. The molecule has 190 valence electrons. The molecule has 0 saturated heterocycles. The molecular weight excluding hydrogens is 476 g/mol. The average Bonchev–Trinajstić information content (AvgIpc) is 3.53. The zero-order valence-electron chi connectivity index (χ0n) is 20.8. The van der Waals surface area contributed by atoms with Crippen molar-refractivity contribution >= 4 is 23.2 Å². The first-order valence-corrected chi connectivity index (χ1v) is 12.9. The molecule has 2 heterocycles. The molecular formula is C28H32N2O5S. The van der Waals surface area contributed by atoms with Gasteiger partial charge in [-0.05, 0) is 53.6 Å². The summed E-state index contributed by atoms with van der Waals surface area (Å²) in [6.07, 6.45) is 0.972. The van der Waals surface area contributed by atoms with Gasteiger partial charge >= 0.3 is 0 Å². The van der Waals surface area contributed by atoms with Crippen molar-refractivity contribution in [1.82, 2.24) is 9.80 Å². The number of fused-ring (bicyclic) bond motifs is 1. The summed E-state index contributed by atoms with van der Waals surface area (Å²) < 4.78 is 16.2. The highest BCUT2D eigenvalue weighted by molar-refractivity contribution is 7.10. The summed E-state index contributed by atoms with van der Waals surface area (Å²) in [7, 11) is 1.60. The summed E-state index contributed by atoms with van der Waals surface area (Å²) in [5.41, 5.74) is 3.20. The summed E-state index contributed by atoms with van der Waals surface area (Å²) in [6, 6.07) is 17.7. The first-order valence-electron chi connectivity index (χ1n) is 12.0. The molecule has 1 aliphatic rings. The van der Waals surface area contributed by atoms with E-state index in [2.05, 4.69) is 6.07 Å². The van der Waals surface area contributed by atoms with Gasteiger partial charge in [0.1, 0.15) is 0 Å². The predicted molar refractivity (Wildman–Crippen MR) is 139 cm³/mol. The Morgan fingerprint density at radius 1 is 0.944 bits per heavy atom. The van der Waals surface area contributed by atoms with E-state index in [1.54, 1.807) is 28.2 Å². The maximum Gasteiger partial charge on any atom is 0.242 e. The lowest BCUT2D eigenvalue weighted by Crippen LogP contribution is -2.43. The van der Waals surface area contributed by atoms with E-state index in [0.29, 0.717) is 50.6 Å². The molecule has 0 saturated carbocycles. The fourth-order valence-electron chi connectivity index (χ4n) is 4.04. The van der Waals surface area contributed by atoms with Crippen molar-refractivity contribution < 1.29 is 23.8 Å². The Labute approximate surface area is 216 Å². The molecule has 3 aromatic rings. The molecule has 2 aromatic carbocycles. The third kappa shape index (κ3) is 6.86. The van der Waals surface area contributed by atoms with Gasteiger partial charge in [0.05, 0.1) is 19.7 Å². The van der Waals surface area contributed by atoms with E-state index in [9.17, 15) is 9.59 Å². The average molecular weight is 509 g/mol. The molecule has 0 radical (unpaired) electrons. The Morgan fingerprint density at radius 3 is 2.50 bits per heavy atom. The molecule has 7 nitrogen and oxygen atoms in total. The second kappa shape index (κ2) is 12.6. The Bertz CT molecular complexity index is 1160. The van der Waals surface area contributed by atoms with E-state index < -0.39 is 0 Å². The van der Waals surface area contributed by atoms with E-state index in [0.717, 1.165) is 21.6 Å². The first-order chi connectivity index (χ1) is 17.5. The van der Waals surface area contributed by atoms with Crippen LogP contribution in [0.2, 0.25) is 0 Å². The molecule has 0 atom stereocenters. The zero-order valence-corrected chi connectivity index (χ0v) is 21.6. The lowest BCUT2D eigenvalue weighted by atomic mass is 10.1. The van der Waals surface area contributed by atoms with Crippen molar-refractivity contribution in [2.24, 2.45) is 0 Å². The second-order valence-corrected chi connectivity index (χ2v) is 9.76. The van der Waals surface area contributed by atoms with Crippen molar-refractivity contribution in [3.63, 3.8) is 0 Å². The van der Waals surface area contributed by atoms with Crippen LogP contribution in [0.25, 0.3) is 0 Å². The van der Waals surface area contributed by atoms with Crippen LogP contribution in [0.1, 0.15) is 28.0 Å². The lowest BCUT2D eigenvalue weighted by Gasteiger charge is -2.28. The standard InChI is InChI=1S/C28H32N2O5S/c1-21-12-15-36-26(21)18-30(17-23-8-10-24-25(16-23)35-20-34-24)28(32)19-29(13-14-33-2)27(31)11-9-22-6-4-3-5-7-22/h3-8,10,12,15-16H,9,11,13-14,17-20H2,1-2H3. The van der Waals surface area contributed by atoms with Crippen LogP contribution < -0.4 is 9.47 Å². The highest BCUT2D eigenvalue weighted by atomic mass is 32.1. The van der Waals surface area contributed by atoms with Gasteiger partial charge in [0.15, 0.2) is 11.5 Å². The monoisotopic (exact) mass is 508 g/mol. The number of nitrogens with zero attached hydrogens (tertiary/aromatic N) is 2. The molecule has 36 heavy (non-hydrogen) atoms. The maximum absolute atomic E-state index is 13.6. The van der Waals surface area contributed by atoms with Gasteiger partial charge in [-0.2, -0.15) is 0 Å². The third-order valence-electron chi connectivity index (χ3n) is 6.18.